The fraction of sp³-hybridized carbons (Fsp3) is 0.0625. The van der Waals surface area contributed by atoms with Crippen LogP contribution in [-0.4, -0.2) is 49.8 Å². The van der Waals surface area contributed by atoms with E-state index in [1.807, 2.05) is 48.5 Å². The van der Waals surface area contributed by atoms with Gasteiger partial charge in [-0.1, -0.05) is 47.9 Å². The van der Waals surface area contributed by atoms with E-state index in [-0.39, 0.29) is 90.5 Å². The largest absolute Gasteiger partial charge is 1.00 e. The molecule has 0 atom stereocenters. The second kappa shape index (κ2) is 18.5. The Hall–Kier alpha value is -4.13. The van der Waals surface area contributed by atoms with Crippen LogP contribution in [0.15, 0.2) is 105 Å². The van der Waals surface area contributed by atoms with E-state index in [4.69, 9.17) is 10.3 Å². The number of anilines is 2. The van der Waals surface area contributed by atoms with Gasteiger partial charge in [0.1, 0.15) is 10.0 Å². The van der Waals surface area contributed by atoms with Gasteiger partial charge in [0.25, 0.3) is 0 Å². The average molecular weight is 861 g/mol. The van der Waals surface area contributed by atoms with Gasteiger partial charge in [0, 0.05) is 42.0 Å². The fourth-order valence-electron chi connectivity index (χ4n) is 4.28. The number of carbonyl (C=O) groups is 2. The van der Waals surface area contributed by atoms with Crippen LogP contribution in [0.4, 0.5) is 11.4 Å². The van der Waals surface area contributed by atoms with Crippen molar-refractivity contribution in [2.75, 3.05) is 10.9 Å². The van der Waals surface area contributed by atoms with E-state index in [1.54, 1.807) is 0 Å². The Labute approximate surface area is 349 Å². The number of Topliss-reactive ketones (excluding diaryl/α,β-unsaturated/α-hetero) is 2. The third-order valence-electron chi connectivity index (χ3n) is 6.80. The van der Waals surface area contributed by atoms with Crippen molar-refractivity contribution < 1.29 is 83.0 Å². The molecule has 1 radical (unpaired) electrons. The van der Waals surface area contributed by atoms with Crippen molar-refractivity contribution in [2.45, 2.75) is 23.6 Å². The summed E-state index contributed by atoms with van der Waals surface area (Å²) in [5.74, 6) is -1.69. The molecule has 0 saturated heterocycles. The van der Waals surface area contributed by atoms with Crippen LogP contribution in [0.2, 0.25) is 0 Å². The SMILES string of the molecule is CC(=O)C(=NNc1cc(S(N)(=O)=O)ccc1[O-])c1nc2ccccc2s1.CC(=O)C(=NNc1cc(S(N)(=O)=O)ccc1[O-])c1nc2ccccc2s1.[Co].[Na+]. The molecule has 0 fully saturated rings. The molecular formula is C32H26CoN8NaO8S4-. The van der Waals surface area contributed by atoms with E-state index in [2.05, 4.69) is 31.0 Å². The summed E-state index contributed by atoms with van der Waals surface area (Å²) in [6.07, 6.45) is 0. The molecular weight excluding hydrogens is 835 g/mol. The number of carbonyl (C=O) groups excluding carboxylic acids is 2. The van der Waals surface area contributed by atoms with E-state index in [1.165, 1.54) is 36.5 Å². The number of hydrogen-bond acceptors (Lipinski definition) is 16. The number of nitrogens with zero attached hydrogens (tertiary/aromatic N) is 4. The maximum atomic E-state index is 12.0. The number of hydrogen-bond donors (Lipinski definition) is 4. The smallest absolute Gasteiger partial charge is 0.871 e. The number of sulfonamides is 2. The Bertz CT molecular complexity index is 2400. The molecule has 0 amide bonds. The van der Waals surface area contributed by atoms with Gasteiger partial charge in [0.05, 0.1) is 30.2 Å². The van der Waals surface area contributed by atoms with Crippen molar-refractivity contribution in [2.24, 2.45) is 20.5 Å². The summed E-state index contributed by atoms with van der Waals surface area (Å²) in [4.78, 5) is 32.2. The normalized spacial score (nSPS) is 11.9. The fourth-order valence-corrected chi connectivity index (χ4v) is 7.37. The van der Waals surface area contributed by atoms with Gasteiger partial charge in [0.2, 0.25) is 20.0 Å². The molecule has 16 nitrogen and oxygen atoms in total. The third kappa shape index (κ3) is 11.0. The van der Waals surface area contributed by atoms with Crippen molar-refractivity contribution in [3.8, 4) is 11.5 Å². The van der Waals surface area contributed by atoms with E-state index >= 15 is 0 Å². The van der Waals surface area contributed by atoms with Crippen LogP contribution >= 0.6 is 22.7 Å². The molecule has 0 aliphatic heterocycles. The van der Waals surface area contributed by atoms with Gasteiger partial charge in [-0.25, -0.2) is 37.1 Å². The first-order valence-corrected chi connectivity index (χ1v) is 19.3. The average Bonchev–Trinajstić information content (AvgIpc) is 3.70. The van der Waals surface area contributed by atoms with E-state index in [0.29, 0.717) is 10.0 Å². The molecule has 54 heavy (non-hydrogen) atoms. The first-order valence-electron chi connectivity index (χ1n) is 14.6. The zero-order chi connectivity index (χ0) is 37.8. The molecule has 2 heterocycles. The number of thiazole rings is 2. The number of para-hydroxylation sites is 2. The summed E-state index contributed by atoms with van der Waals surface area (Å²) in [7, 11) is -7.94. The van der Waals surface area contributed by atoms with Crippen LogP contribution < -0.4 is 60.9 Å². The number of ketones is 2. The maximum Gasteiger partial charge on any atom is 1.00 e. The Kier molecular flexibility index (Phi) is 15.1. The van der Waals surface area contributed by atoms with Crippen LogP contribution in [0.1, 0.15) is 23.9 Å². The second-order valence-electron chi connectivity index (χ2n) is 10.6. The van der Waals surface area contributed by atoms with Crippen LogP contribution in [0.5, 0.6) is 11.5 Å². The molecule has 0 spiro atoms. The molecule has 6 aromatic rings. The van der Waals surface area contributed by atoms with Crippen molar-refractivity contribution in [1.29, 1.82) is 0 Å². The summed E-state index contributed by atoms with van der Waals surface area (Å²) in [6, 6.07) is 21.2. The number of primary sulfonamides is 2. The summed E-state index contributed by atoms with van der Waals surface area (Å²) < 4.78 is 47.4. The molecule has 0 unspecified atom stereocenters. The topological polar surface area (TPSA) is 275 Å². The zero-order valence-electron chi connectivity index (χ0n) is 28.3. The van der Waals surface area contributed by atoms with Gasteiger partial charge >= 0.3 is 29.6 Å². The molecule has 0 saturated carbocycles. The molecule has 4 aromatic carbocycles. The predicted octanol–water partition coefficient (Wildman–Crippen LogP) is -0.153. The quantitative estimate of drug-likeness (QED) is 0.0796. The zero-order valence-corrected chi connectivity index (χ0v) is 34.6. The molecule has 22 heteroatoms. The molecule has 0 bridgehead atoms. The minimum absolute atomic E-state index is 0. The van der Waals surface area contributed by atoms with Crippen molar-refractivity contribution in [3.63, 3.8) is 0 Å². The van der Waals surface area contributed by atoms with Gasteiger partial charge in [0.15, 0.2) is 23.0 Å². The second-order valence-corrected chi connectivity index (χ2v) is 15.8. The third-order valence-corrected chi connectivity index (χ3v) is 10.7. The minimum Gasteiger partial charge on any atom is -0.871 e. The van der Waals surface area contributed by atoms with Gasteiger partial charge in [-0.3, -0.25) is 20.4 Å². The van der Waals surface area contributed by atoms with Crippen molar-refractivity contribution in [1.82, 2.24) is 9.97 Å². The number of rotatable bonds is 10. The summed E-state index contributed by atoms with van der Waals surface area (Å²) in [6.45, 7) is 2.65. The Morgan fingerprint density at radius 3 is 1.31 bits per heavy atom. The Balaban J connectivity index is 0.000000280. The summed E-state index contributed by atoms with van der Waals surface area (Å²) in [5, 5.41) is 42.6. The first kappa shape index (κ1) is 44.3. The molecule has 6 rings (SSSR count). The molecule has 6 N–H and O–H groups in total. The first-order chi connectivity index (χ1) is 24.5. The predicted molar refractivity (Wildman–Crippen MR) is 195 cm³/mol. The Morgan fingerprint density at radius 2 is 1.00 bits per heavy atom. The molecule has 2 aromatic heterocycles. The Morgan fingerprint density at radius 1 is 0.648 bits per heavy atom. The van der Waals surface area contributed by atoms with Crippen molar-refractivity contribution >= 4 is 97.5 Å². The van der Waals surface area contributed by atoms with Gasteiger partial charge in [-0.15, -0.1) is 22.7 Å². The molecule has 0 aliphatic rings. The van der Waals surface area contributed by atoms with Crippen LogP contribution in [0.3, 0.4) is 0 Å². The maximum absolute atomic E-state index is 12.0. The van der Waals surface area contributed by atoms with Crippen molar-refractivity contribution in [3.05, 3.63) is 94.9 Å². The van der Waals surface area contributed by atoms with Crippen LogP contribution in [0, 0.1) is 0 Å². The molecule has 277 valence electrons. The van der Waals surface area contributed by atoms with E-state index in [9.17, 15) is 36.6 Å². The van der Waals surface area contributed by atoms with Gasteiger partial charge < -0.3 is 10.2 Å². The summed E-state index contributed by atoms with van der Waals surface area (Å²) in [5.41, 5.74) is 6.19. The standard InChI is InChI=1S/2C16H14N4O4S2.Co.Na/c2*1-9(21)15(16-18-11-4-2-3-5-14(11)25-16)20-19-12-8-10(26(17,23)24)6-7-13(12)22;;/h2*2-8,19,22H,1H3,(H2,17,23,24);;/q;;;+1/p-2. The number of nitrogens with one attached hydrogen (secondary N) is 2. The number of fused-ring (bicyclic) bond motifs is 2. The van der Waals surface area contributed by atoms with Gasteiger partial charge in [-0.2, -0.15) is 10.2 Å². The minimum atomic E-state index is -3.97. The number of benzene rings is 4. The number of nitrogens with two attached hydrogens (primary N) is 2. The monoisotopic (exact) mass is 860 g/mol. The van der Waals surface area contributed by atoms with E-state index in [0.717, 1.165) is 56.8 Å². The number of aromatic nitrogens is 2. The van der Waals surface area contributed by atoms with Crippen LogP contribution in [-0.2, 0) is 46.4 Å². The molecule has 0 aliphatic carbocycles. The summed E-state index contributed by atoms with van der Waals surface area (Å²) >= 11 is 2.57. The van der Waals surface area contributed by atoms with E-state index < -0.39 is 31.5 Å². The van der Waals surface area contributed by atoms with Crippen LogP contribution in [0.25, 0.3) is 20.4 Å². The van der Waals surface area contributed by atoms with Gasteiger partial charge in [-0.05, 0) is 48.5 Å². The number of hydrazone groups is 2.